The lowest BCUT2D eigenvalue weighted by Crippen LogP contribution is -2.37. The van der Waals surface area contributed by atoms with Crippen molar-refractivity contribution in [3.8, 4) is 0 Å². The highest BCUT2D eigenvalue weighted by molar-refractivity contribution is 6.30. The molecule has 0 aliphatic carbocycles. The maximum atomic E-state index is 13.4. The van der Waals surface area contributed by atoms with Crippen LogP contribution >= 0.6 is 11.6 Å². The van der Waals surface area contributed by atoms with Crippen LogP contribution in [0, 0.1) is 17.6 Å². The van der Waals surface area contributed by atoms with E-state index in [1.165, 1.54) is 0 Å². The first-order valence-electron chi connectivity index (χ1n) is 4.57. The van der Waals surface area contributed by atoms with Crippen LogP contribution in [0.2, 0.25) is 5.02 Å². The molecular weight excluding hydrogens is 224 g/mol. The second kappa shape index (κ2) is 4.04. The summed E-state index contributed by atoms with van der Waals surface area (Å²) in [5, 5.41) is -0.228. The van der Waals surface area contributed by atoms with Crippen LogP contribution in [0.15, 0.2) is 12.1 Å². The van der Waals surface area contributed by atoms with Crippen molar-refractivity contribution in [1.29, 1.82) is 0 Å². The molecule has 0 amide bonds. The van der Waals surface area contributed by atoms with Crippen molar-refractivity contribution in [2.45, 2.75) is 6.04 Å². The van der Waals surface area contributed by atoms with Gasteiger partial charge in [0.05, 0.1) is 18.2 Å². The Bertz CT molecular complexity index is 382. The molecule has 1 atom stereocenters. The Morgan fingerprint density at radius 2 is 2.00 bits per heavy atom. The lowest BCUT2D eigenvalue weighted by atomic mass is 9.92. The van der Waals surface area contributed by atoms with Crippen LogP contribution in [-0.4, -0.2) is 13.2 Å². The van der Waals surface area contributed by atoms with E-state index in [2.05, 4.69) is 0 Å². The molecule has 0 saturated carbocycles. The van der Waals surface area contributed by atoms with Gasteiger partial charge in [0.25, 0.3) is 0 Å². The van der Waals surface area contributed by atoms with Crippen molar-refractivity contribution in [2.24, 2.45) is 11.7 Å². The molecule has 2 rings (SSSR count). The molecular formula is C10H10ClF2NO. The van der Waals surface area contributed by atoms with Gasteiger partial charge in [0.2, 0.25) is 0 Å². The average Bonchev–Trinajstić information content (AvgIpc) is 2.08. The minimum Gasteiger partial charge on any atom is -0.381 e. The number of hydrogen-bond donors (Lipinski definition) is 1. The van der Waals surface area contributed by atoms with Crippen molar-refractivity contribution < 1.29 is 13.5 Å². The van der Waals surface area contributed by atoms with Crippen molar-refractivity contribution in [3.63, 3.8) is 0 Å². The van der Waals surface area contributed by atoms with Crippen LogP contribution in [0.5, 0.6) is 0 Å². The first kappa shape index (κ1) is 10.8. The number of hydrogen-bond acceptors (Lipinski definition) is 2. The monoisotopic (exact) mass is 233 g/mol. The highest BCUT2D eigenvalue weighted by Crippen LogP contribution is 2.30. The van der Waals surface area contributed by atoms with E-state index in [9.17, 15) is 8.78 Å². The van der Waals surface area contributed by atoms with E-state index < -0.39 is 17.7 Å². The highest BCUT2D eigenvalue weighted by atomic mass is 35.5. The first-order chi connectivity index (χ1) is 7.09. The fraction of sp³-hybridized carbons (Fsp3) is 0.400. The van der Waals surface area contributed by atoms with Crippen molar-refractivity contribution in [1.82, 2.24) is 0 Å². The molecule has 2 N–H and O–H groups in total. The van der Waals surface area contributed by atoms with E-state index in [-0.39, 0.29) is 16.5 Å². The number of nitrogens with two attached hydrogens (primary N) is 1. The normalized spacial score (nSPS) is 18.7. The van der Waals surface area contributed by atoms with Crippen LogP contribution in [0.1, 0.15) is 11.6 Å². The Hall–Kier alpha value is -0.710. The lowest BCUT2D eigenvalue weighted by Gasteiger charge is -2.31. The van der Waals surface area contributed by atoms with Gasteiger partial charge in [-0.1, -0.05) is 11.6 Å². The van der Waals surface area contributed by atoms with E-state index in [1.807, 2.05) is 0 Å². The predicted octanol–water partition coefficient (Wildman–Crippen LogP) is 2.26. The third kappa shape index (κ3) is 1.97. The maximum absolute atomic E-state index is 13.4. The zero-order valence-electron chi connectivity index (χ0n) is 7.84. The molecule has 2 nitrogen and oxygen atoms in total. The number of ether oxygens (including phenoxy) is 1. The van der Waals surface area contributed by atoms with Gasteiger partial charge in [-0.25, -0.2) is 8.78 Å². The van der Waals surface area contributed by atoms with Gasteiger partial charge in [-0.2, -0.15) is 0 Å². The third-order valence-electron chi connectivity index (χ3n) is 2.57. The summed E-state index contributed by atoms with van der Waals surface area (Å²) in [6.45, 7) is 0.982. The molecule has 1 aromatic rings. The van der Waals surface area contributed by atoms with Gasteiger partial charge in [0, 0.05) is 17.5 Å². The Labute approximate surface area is 91.0 Å². The Morgan fingerprint density at radius 1 is 1.33 bits per heavy atom. The van der Waals surface area contributed by atoms with Crippen molar-refractivity contribution in [3.05, 3.63) is 34.4 Å². The summed E-state index contributed by atoms with van der Waals surface area (Å²) in [7, 11) is 0. The zero-order chi connectivity index (χ0) is 11.0. The number of benzene rings is 1. The molecule has 15 heavy (non-hydrogen) atoms. The molecule has 1 fully saturated rings. The molecule has 1 saturated heterocycles. The van der Waals surface area contributed by atoms with Crippen LogP contribution in [0.25, 0.3) is 0 Å². The van der Waals surface area contributed by atoms with E-state index in [0.29, 0.717) is 13.2 Å². The van der Waals surface area contributed by atoms with Crippen LogP contribution in [0.3, 0.4) is 0 Å². The second-order valence-corrected chi connectivity index (χ2v) is 4.02. The predicted molar refractivity (Wildman–Crippen MR) is 52.6 cm³/mol. The number of rotatable bonds is 2. The van der Waals surface area contributed by atoms with Crippen LogP contribution < -0.4 is 5.73 Å². The standard InChI is InChI=1S/C10H10ClF2NO/c11-7-2-8(12)6(1-9(7)13)10(14)5-3-15-4-5/h1-2,5,10H,3-4,14H2. The second-order valence-electron chi connectivity index (χ2n) is 3.61. The van der Waals surface area contributed by atoms with E-state index >= 15 is 0 Å². The van der Waals surface area contributed by atoms with Gasteiger partial charge in [0.1, 0.15) is 11.6 Å². The molecule has 1 aliphatic rings. The largest absolute Gasteiger partial charge is 0.381 e. The van der Waals surface area contributed by atoms with Crippen molar-refractivity contribution >= 4 is 11.6 Å². The van der Waals surface area contributed by atoms with Gasteiger partial charge in [-0.05, 0) is 12.1 Å². The molecule has 0 aromatic heterocycles. The van der Waals surface area contributed by atoms with Gasteiger partial charge < -0.3 is 10.5 Å². The van der Waals surface area contributed by atoms with Crippen LogP contribution in [0.4, 0.5) is 8.78 Å². The molecule has 1 heterocycles. The summed E-state index contributed by atoms with van der Waals surface area (Å²) < 4.78 is 31.5. The van der Waals surface area contributed by atoms with E-state index in [0.717, 1.165) is 12.1 Å². The van der Waals surface area contributed by atoms with Crippen LogP contribution in [-0.2, 0) is 4.74 Å². The summed E-state index contributed by atoms with van der Waals surface area (Å²) in [4.78, 5) is 0. The minimum absolute atomic E-state index is 0.0556. The topological polar surface area (TPSA) is 35.2 Å². The Morgan fingerprint density at radius 3 is 2.53 bits per heavy atom. The number of halogens is 3. The fourth-order valence-electron chi connectivity index (χ4n) is 1.51. The minimum atomic E-state index is -0.649. The quantitative estimate of drug-likeness (QED) is 0.796. The summed E-state index contributed by atoms with van der Waals surface area (Å²) in [6.07, 6.45) is 0. The fourth-order valence-corrected chi connectivity index (χ4v) is 1.66. The zero-order valence-corrected chi connectivity index (χ0v) is 8.60. The van der Waals surface area contributed by atoms with Gasteiger partial charge in [-0.15, -0.1) is 0 Å². The maximum Gasteiger partial charge on any atom is 0.142 e. The van der Waals surface area contributed by atoms with Gasteiger partial charge in [-0.3, -0.25) is 0 Å². The molecule has 82 valence electrons. The molecule has 0 spiro atoms. The average molecular weight is 234 g/mol. The third-order valence-corrected chi connectivity index (χ3v) is 2.86. The molecule has 1 aromatic carbocycles. The SMILES string of the molecule is NC(c1cc(F)c(Cl)cc1F)C1COC1. The Kier molecular flexibility index (Phi) is 2.91. The van der Waals surface area contributed by atoms with E-state index in [4.69, 9.17) is 22.1 Å². The summed E-state index contributed by atoms with van der Waals surface area (Å²) in [6, 6.07) is 1.47. The summed E-state index contributed by atoms with van der Waals surface area (Å²) >= 11 is 5.44. The first-order valence-corrected chi connectivity index (χ1v) is 4.95. The van der Waals surface area contributed by atoms with E-state index in [1.54, 1.807) is 0 Å². The molecule has 5 heteroatoms. The molecule has 1 aliphatic heterocycles. The molecule has 0 radical (unpaired) electrons. The Balaban J connectivity index is 2.30. The molecule has 0 bridgehead atoms. The molecule has 1 unspecified atom stereocenters. The van der Waals surface area contributed by atoms with Gasteiger partial charge in [0.15, 0.2) is 0 Å². The van der Waals surface area contributed by atoms with Crippen molar-refractivity contribution in [2.75, 3.05) is 13.2 Å². The summed E-state index contributed by atoms with van der Waals surface area (Å²) in [5.74, 6) is -1.16. The highest BCUT2D eigenvalue weighted by Gasteiger charge is 2.29. The smallest absolute Gasteiger partial charge is 0.142 e. The summed E-state index contributed by atoms with van der Waals surface area (Å²) in [5.41, 5.74) is 5.95. The van der Waals surface area contributed by atoms with Gasteiger partial charge >= 0.3 is 0 Å². The lowest BCUT2D eigenvalue weighted by molar-refractivity contribution is -0.0446.